The highest BCUT2D eigenvalue weighted by Gasteiger charge is 2.33. The third-order valence-electron chi connectivity index (χ3n) is 2.40. The molecule has 1 atom stereocenters. The fourth-order valence-electron chi connectivity index (χ4n) is 1.75. The number of ether oxygens (including phenoxy) is 1. The van der Waals surface area contributed by atoms with Crippen LogP contribution in [0, 0.1) is 0 Å². The molecule has 1 rings (SSSR count). The lowest BCUT2D eigenvalue weighted by Gasteiger charge is -2.21. The molecule has 15 heavy (non-hydrogen) atoms. The average Bonchev–Trinajstić information content (AvgIpc) is 2.66. The summed E-state index contributed by atoms with van der Waals surface area (Å²) in [6, 6.07) is -0.381. The highest BCUT2D eigenvalue weighted by Crippen LogP contribution is 2.18. The Morgan fingerprint density at radius 1 is 1.53 bits per heavy atom. The lowest BCUT2D eigenvalue weighted by molar-refractivity contribution is -0.151. The van der Waals surface area contributed by atoms with E-state index in [0.29, 0.717) is 19.6 Å². The first-order chi connectivity index (χ1) is 7.20. The van der Waals surface area contributed by atoms with E-state index in [1.807, 2.05) is 0 Å². The molecule has 84 valence electrons. The number of hydrogen-bond acceptors (Lipinski definition) is 3. The van der Waals surface area contributed by atoms with E-state index < -0.39 is 0 Å². The monoisotopic (exact) mass is 211 g/mol. The molecule has 1 aliphatic heterocycles. The van der Waals surface area contributed by atoms with Crippen molar-refractivity contribution in [1.82, 2.24) is 4.90 Å². The van der Waals surface area contributed by atoms with Gasteiger partial charge in [-0.3, -0.25) is 4.79 Å². The van der Waals surface area contributed by atoms with Crippen LogP contribution in [0.25, 0.3) is 0 Å². The molecule has 0 aromatic heterocycles. The zero-order valence-corrected chi connectivity index (χ0v) is 9.23. The van der Waals surface area contributed by atoms with Gasteiger partial charge >= 0.3 is 5.97 Å². The van der Waals surface area contributed by atoms with E-state index in [-0.39, 0.29) is 17.9 Å². The van der Waals surface area contributed by atoms with Crippen molar-refractivity contribution in [2.24, 2.45) is 0 Å². The Bertz CT molecular complexity index is 273. The van der Waals surface area contributed by atoms with Gasteiger partial charge in [-0.2, -0.15) is 0 Å². The second kappa shape index (κ2) is 5.53. The van der Waals surface area contributed by atoms with Crippen LogP contribution in [0.3, 0.4) is 0 Å². The average molecular weight is 211 g/mol. The van der Waals surface area contributed by atoms with Crippen molar-refractivity contribution in [3.8, 4) is 0 Å². The molecule has 1 heterocycles. The van der Waals surface area contributed by atoms with Gasteiger partial charge in [0.15, 0.2) is 0 Å². The number of esters is 1. The van der Waals surface area contributed by atoms with Crippen molar-refractivity contribution < 1.29 is 14.3 Å². The molecular weight excluding hydrogens is 194 g/mol. The van der Waals surface area contributed by atoms with Gasteiger partial charge in [0.05, 0.1) is 6.61 Å². The number of nitrogens with zero attached hydrogens (tertiary/aromatic N) is 1. The molecule has 0 saturated carbocycles. The van der Waals surface area contributed by atoms with Gasteiger partial charge in [0.25, 0.3) is 0 Å². The number of hydrogen-bond donors (Lipinski definition) is 0. The molecule has 1 fully saturated rings. The number of likely N-dealkylation sites (tertiary alicyclic amines) is 1. The quantitative estimate of drug-likeness (QED) is 0.519. The number of carbonyl (C=O) groups is 2. The van der Waals surface area contributed by atoms with E-state index in [1.165, 1.54) is 6.08 Å². The van der Waals surface area contributed by atoms with Crippen molar-refractivity contribution in [3.05, 3.63) is 12.2 Å². The summed E-state index contributed by atoms with van der Waals surface area (Å²) >= 11 is 0. The lowest BCUT2D eigenvalue weighted by atomic mass is 10.2. The number of rotatable bonds is 3. The number of carbonyl (C=O) groups excluding carboxylic acids is 2. The molecule has 1 amide bonds. The number of allylic oxidation sites excluding steroid dienone is 1. The molecule has 1 unspecified atom stereocenters. The fourth-order valence-corrected chi connectivity index (χ4v) is 1.75. The Labute approximate surface area is 89.9 Å². The van der Waals surface area contributed by atoms with Crippen LogP contribution in [0.2, 0.25) is 0 Å². The summed E-state index contributed by atoms with van der Waals surface area (Å²) < 4.78 is 4.93. The lowest BCUT2D eigenvalue weighted by Crippen LogP contribution is -2.40. The standard InChI is InChI=1S/C11H17NO3/c1-3-6-10(13)12-8-5-7-9(12)11(14)15-4-2/h3,6,9H,4-5,7-8H2,1-2H3. The molecule has 0 radical (unpaired) electrons. The molecule has 0 aromatic carbocycles. The van der Waals surface area contributed by atoms with E-state index >= 15 is 0 Å². The van der Waals surface area contributed by atoms with Crippen LogP contribution in [0.4, 0.5) is 0 Å². The van der Waals surface area contributed by atoms with E-state index in [4.69, 9.17) is 4.74 Å². The van der Waals surface area contributed by atoms with E-state index in [9.17, 15) is 9.59 Å². The van der Waals surface area contributed by atoms with Gasteiger partial charge in [-0.05, 0) is 32.8 Å². The molecule has 4 heteroatoms. The minimum Gasteiger partial charge on any atom is -0.464 e. The maximum absolute atomic E-state index is 11.6. The highest BCUT2D eigenvalue weighted by atomic mass is 16.5. The first-order valence-electron chi connectivity index (χ1n) is 5.30. The summed E-state index contributed by atoms with van der Waals surface area (Å²) in [7, 11) is 0. The van der Waals surface area contributed by atoms with Crippen LogP contribution in [-0.2, 0) is 14.3 Å². The van der Waals surface area contributed by atoms with Crippen molar-refractivity contribution in [3.63, 3.8) is 0 Å². The summed E-state index contributed by atoms with van der Waals surface area (Å²) in [6.45, 7) is 4.56. The van der Waals surface area contributed by atoms with Crippen LogP contribution < -0.4 is 0 Å². The second-order valence-corrected chi connectivity index (χ2v) is 3.44. The maximum Gasteiger partial charge on any atom is 0.328 e. The molecule has 4 nitrogen and oxygen atoms in total. The molecule has 0 spiro atoms. The smallest absolute Gasteiger partial charge is 0.328 e. The first kappa shape index (κ1) is 11.8. The first-order valence-corrected chi connectivity index (χ1v) is 5.30. The van der Waals surface area contributed by atoms with Gasteiger partial charge in [0, 0.05) is 6.54 Å². The molecule has 0 bridgehead atoms. The van der Waals surface area contributed by atoms with Gasteiger partial charge in [-0.15, -0.1) is 0 Å². The van der Waals surface area contributed by atoms with Crippen LogP contribution in [0.15, 0.2) is 12.2 Å². The Morgan fingerprint density at radius 2 is 2.27 bits per heavy atom. The molecule has 0 N–H and O–H groups in total. The predicted octanol–water partition coefficient (Wildman–Crippen LogP) is 1.12. The Kier molecular flexibility index (Phi) is 4.34. The van der Waals surface area contributed by atoms with Gasteiger partial charge < -0.3 is 9.64 Å². The SMILES string of the molecule is CC=CC(=O)N1CCCC1C(=O)OCC. The van der Waals surface area contributed by atoms with Crippen molar-refractivity contribution >= 4 is 11.9 Å². The van der Waals surface area contributed by atoms with Crippen LogP contribution >= 0.6 is 0 Å². The second-order valence-electron chi connectivity index (χ2n) is 3.44. The summed E-state index contributed by atoms with van der Waals surface area (Å²) in [5.74, 6) is -0.388. The van der Waals surface area contributed by atoms with Crippen LogP contribution in [0.1, 0.15) is 26.7 Å². The third kappa shape index (κ3) is 2.81. The molecule has 1 aliphatic rings. The van der Waals surface area contributed by atoms with Crippen molar-refractivity contribution in [2.45, 2.75) is 32.7 Å². The summed E-state index contributed by atoms with van der Waals surface area (Å²) in [5.41, 5.74) is 0. The van der Waals surface area contributed by atoms with Gasteiger partial charge in [-0.1, -0.05) is 6.08 Å². The minimum absolute atomic E-state index is 0.104. The van der Waals surface area contributed by atoms with Crippen LogP contribution in [0.5, 0.6) is 0 Å². The normalized spacial score (nSPS) is 20.9. The molecule has 0 aromatic rings. The largest absolute Gasteiger partial charge is 0.464 e. The van der Waals surface area contributed by atoms with E-state index in [1.54, 1.807) is 24.8 Å². The van der Waals surface area contributed by atoms with Crippen molar-refractivity contribution in [1.29, 1.82) is 0 Å². The topological polar surface area (TPSA) is 46.6 Å². The van der Waals surface area contributed by atoms with Crippen molar-refractivity contribution in [2.75, 3.05) is 13.2 Å². The number of amides is 1. The third-order valence-corrected chi connectivity index (χ3v) is 2.40. The van der Waals surface area contributed by atoms with Gasteiger partial charge in [-0.25, -0.2) is 4.79 Å². The van der Waals surface area contributed by atoms with Gasteiger partial charge in [0.2, 0.25) is 5.91 Å². The van der Waals surface area contributed by atoms with Gasteiger partial charge in [0.1, 0.15) is 6.04 Å². The summed E-state index contributed by atoms with van der Waals surface area (Å²) in [4.78, 5) is 24.7. The summed E-state index contributed by atoms with van der Waals surface area (Å²) in [6.07, 6.45) is 4.75. The van der Waals surface area contributed by atoms with E-state index in [0.717, 1.165) is 6.42 Å². The fraction of sp³-hybridized carbons (Fsp3) is 0.636. The highest BCUT2D eigenvalue weighted by molar-refractivity contribution is 5.91. The van der Waals surface area contributed by atoms with E-state index in [2.05, 4.69) is 0 Å². The summed E-state index contributed by atoms with van der Waals surface area (Å²) in [5, 5.41) is 0. The van der Waals surface area contributed by atoms with Crippen LogP contribution in [-0.4, -0.2) is 36.0 Å². The zero-order chi connectivity index (χ0) is 11.3. The Hall–Kier alpha value is -1.32. The minimum atomic E-state index is -0.381. The molecular formula is C11H17NO3. The molecule has 0 aliphatic carbocycles. The Morgan fingerprint density at radius 3 is 2.87 bits per heavy atom. The molecule has 1 saturated heterocycles. The maximum atomic E-state index is 11.6. The predicted molar refractivity (Wildman–Crippen MR) is 56.2 cm³/mol. The zero-order valence-electron chi connectivity index (χ0n) is 9.23. The Balaban J connectivity index is 2.64.